The van der Waals surface area contributed by atoms with Crippen LogP contribution >= 0.6 is 11.6 Å². The van der Waals surface area contributed by atoms with Crippen LogP contribution in [0.15, 0.2) is 23.4 Å². The van der Waals surface area contributed by atoms with Gasteiger partial charge in [0.05, 0.1) is 11.6 Å². The van der Waals surface area contributed by atoms with Crippen LogP contribution in [0.2, 0.25) is 0 Å². The molecule has 1 aromatic carbocycles. The second-order valence-corrected chi connectivity index (χ2v) is 7.72. The lowest BCUT2D eigenvalue weighted by molar-refractivity contribution is 0.0152. The minimum absolute atomic E-state index is 0.0495. The van der Waals surface area contributed by atoms with Gasteiger partial charge in [-0.1, -0.05) is 23.4 Å². The van der Waals surface area contributed by atoms with Crippen LogP contribution < -0.4 is 0 Å². The molecular weight excluding hydrogens is 298 g/mol. The largest absolute Gasteiger partial charge is 0.387 e. The summed E-state index contributed by atoms with van der Waals surface area (Å²) in [5, 5.41) is 3.82. The highest BCUT2D eigenvalue weighted by Crippen LogP contribution is 2.28. The fraction of sp³-hybridized carbons (Fsp3) is 0.500. The van der Waals surface area contributed by atoms with Gasteiger partial charge in [-0.15, -0.1) is 11.6 Å². The fourth-order valence-corrected chi connectivity index (χ4v) is 3.96. The number of halogens is 1. The summed E-state index contributed by atoms with van der Waals surface area (Å²) in [4.78, 5) is 5.16. The molecule has 1 heterocycles. The molecule has 0 fully saturated rings. The molecule has 0 spiro atoms. The number of hydrogen-bond donors (Lipinski definition) is 0. The van der Waals surface area contributed by atoms with Crippen molar-refractivity contribution in [3.8, 4) is 0 Å². The topological polar surface area (TPSA) is 55.7 Å². The Balaban J connectivity index is 2.26. The maximum atomic E-state index is 12.5. The van der Waals surface area contributed by atoms with Gasteiger partial charge in [0.2, 0.25) is 0 Å². The van der Waals surface area contributed by atoms with Gasteiger partial charge in [0.1, 0.15) is 0 Å². The number of oxime groups is 1. The van der Waals surface area contributed by atoms with Gasteiger partial charge in [0, 0.05) is 6.42 Å². The van der Waals surface area contributed by atoms with Crippen molar-refractivity contribution < 1.29 is 13.3 Å². The van der Waals surface area contributed by atoms with Crippen molar-refractivity contribution >= 4 is 26.5 Å². The number of nitrogens with zero attached hydrogens (tertiary/aromatic N) is 1. The van der Waals surface area contributed by atoms with E-state index in [-0.39, 0.29) is 23.1 Å². The Bertz CT molecular complexity index is 634. The first-order chi connectivity index (χ1) is 9.27. The van der Waals surface area contributed by atoms with Gasteiger partial charge < -0.3 is 4.84 Å². The molecule has 0 aromatic heterocycles. The predicted octanol–water partition coefficient (Wildman–Crippen LogP) is 2.95. The third-order valence-corrected chi connectivity index (χ3v) is 5.68. The Hall–Kier alpha value is -1.07. The predicted molar refractivity (Wildman–Crippen MR) is 80.8 cm³/mol. The molecule has 1 aliphatic rings. The Morgan fingerprint density at radius 2 is 1.95 bits per heavy atom. The van der Waals surface area contributed by atoms with Gasteiger partial charge in [0.15, 0.2) is 20.5 Å². The van der Waals surface area contributed by atoms with Crippen molar-refractivity contribution in [2.75, 3.05) is 5.88 Å². The second kappa shape index (κ2) is 5.37. The van der Waals surface area contributed by atoms with Gasteiger partial charge in [-0.2, -0.15) is 0 Å². The third kappa shape index (κ3) is 2.99. The molecule has 0 saturated carbocycles. The molecule has 1 aliphatic heterocycles. The zero-order valence-electron chi connectivity index (χ0n) is 11.8. The van der Waals surface area contributed by atoms with Crippen LogP contribution in [-0.4, -0.2) is 24.9 Å². The van der Waals surface area contributed by atoms with Crippen LogP contribution in [0.5, 0.6) is 0 Å². The van der Waals surface area contributed by atoms with Crippen molar-refractivity contribution in [3.05, 3.63) is 34.9 Å². The molecule has 1 aromatic rings. The van der Waals surface area contributed by atoms with E-state index < -0.39 is 15.4 Å². The smallest absolute Gasteiger partial charge is 0.199 e. The zero-order valence-corrected chi connectivity index (χ0v) is 13.4. The minimum Gasteiger partial charge on any atom is -0.387 e. The van der Waals surface area contributed by atoms with E-state index in [0.29, 0.717) is 0 Å². The van der Waals surface area contributed by atoms with Crippen LogP contribution in [-0.2, 0) is 20.4 Å². The maximum Gasteiger partial charge on any atom is 0.199 e. The summed E-state index contributed by atoms with van der Waals surface area (Å²) < 4.78 is 24.9. The highest BCUT2D eigenvalue weighted by atomic mass is 35.5. The molecule has 0 radical (unpaired) electrons. The first-order valence-electron chi connectivity index (χ1n) is 6.36. The van der Waals surface area contributed by atoms with Crippen LogP contribution in [0.25, 0.3) is 0 Å². The van der Waals surface area contributed by atoms with Crippen molar-refractivity contribution in [2.24, 2.45) is 5.16 Å². The monoisotopic (exact) mass is 315 g/mol. The molecule has 20 heavy (non-hydrogen) atoms. The van der Waals surface area contributed by atoms with Crippen LogP contribution in [0.3, 0.4) is 0 Å². The van der Waals surface area contributed by atoms with E-state index in [1.54, 1.807) is 6.92 Å². The van der Waals surface area contributed by atoms with Crippen LogP contribution in [0.4, 0.5) is 0 Å². The third-order valence-electron chi connectivity index (χ3n) is 3.51. The number of alkyl halides is 1. The van der Waals surface area contributed by atoms with E-state index in [1.807, 2.05) is 32.0 Å². The normalized spacial score (nSPS) is 22.5. The summed E-state index contributed by atoms with van der Waals surface area (Å²) in [5.74, 6) is 0.158. The van der Waals surface area contributed by atoms with Crippen LogP contribution in [0, 0.1) is 13.8 Å². The molecule has 0 saturated heterocycles. The van der Waals surface area contributed by atoms with E-state index in [4.69, 9.17) is 16.4 Å². The number of sulfone groups is 1. The first-order valence-corrected chi connectivity index (χ1v) is 8.55. The van der Waals surface area contributed by atoms with Crippen molar-refractivity contribution in [1.82, 2.24) is 0 Å². The second-order valence-electron chi connectivity index (χ2n) is 5.47. The highest BCUT2D eigenvalue weighted by Gasteiger charge is 2.39. The molecule has 4 nitrogen and oxygen atoms in total. The van der Waals surface area contributed by atoms with Crippen molar-refractivity contribution in [2.45, 2.75) is 38.5 Å². The first kappa shape index (κ1) is 15.3. The van der Waals surface area contributed by atoms with E-state index in [9.17, 15) is 8.42 Å². The molecule has 0 N–H and O–H groups in total. The Kier molecular flexibility index (Phi) is 4.12. The van der Waals surface area contributed by atoms with E-state index in [0.717, 1.165) is 16.7 Å². The molecule has 0 bridgehead atoms. The average Bonchev–Trinajstić information content (AvgIpc) is 2.79. The lowest BCUT2D eigenvalue weighted by Gasteiger charge is -2.16. The standard InChI is InChI=1S/C14H18ClNO3S/c1-10-5-4-6-11(2)12(10)8-20(17,18)13-7-14(3,9-15)19-16-13/h4-6H,7-9H2,1-3H3. The number of aryl methyl sites for hydroxylation is 2. The average molecular weight is 316 g/mol. The lowest BCUT2D eigenvalue weighted by atomic mass is 10.1. The van der Waals surface area contributed by atoms with Gasteiger partial charge in [-0.25, -0.2) is 8.42 Å². The molecule has 1 atom stereocenters. The summed E-state index contributed by atoms with van der Waals surface area (Å²) in [6.07, 6.45) is 0.226. The minimum atomic E-state index is -3.47. The van der Waals surface area contributed by atoms with E-state index >= 15 is 0 Å². The summed E-state index contributed by atoms with van der Waals surface area (Å²) in [7, 11) is -3.47. The molecule has 110 valence electrons. The Labute approximate surface area is 124 Å². The van der Waals surface area contributed by atoms with Gasteiger partial charge >= 0.3 is 0 Å². The molecule has 0 amide bonds. The zero-order chi connectivity index (χ0) is 15.0. The van der Waals surface area contributed by atoms with Crippen molar-refractivity contribution in [3.63, 3.8) is 0 Å². The van der Waals surface area contributed by atoms with E-state index in [1.165, 1.54) is 0 Å². The van der Waals surface area contributed by atoms with Gasteiger partial charge in [-0.3, -0.25) is 0 Å². The summed E-state index contributed by atoms with van der Waals surface area (Å²) in [6.45, 7) is 5.58. The summed E-state index contributed by atoms with van der Waals surface area (Å²) in [6, 6.07) is 5.74. The molecule has 1 unspecified atom stereocenters. The van der Waals surface area contributed by atoms with Gasteiger partial charge in [-0.05, 0) is 37.5 Å². The Morgan fingerprint density at radius 1 is 1.35 bits per heavy atom. The van der Waals surface area contributed by atoms with Gasteiger partial charge in [0.25, 0.3) is 0 Å². The fourth-order valence-electron chi connectivity index (χ4n) is 2.13. The Morgan fingerprint density at radius 3 is 2.45 bits per heavy atom. The van der Waals surface area contributed by atoms with Crippen LogP contribution in [0.1, 0.15) is 30.0 Å². The quantitative estimate of drug-likeness (QED) is 0.806. The molecular formula is C14H18ClNO3S. The number of benzene rings is 1. The number of hydrogen-bond acceptors (Lipinski definition) is 4. The maximum absolute atomic E-state index is 12.5. The highest BCUT2D eigenvalue weighted by molar-refractivity contribution is 8.05. The summed E-state index contributed by atoms with van der Waals surface area (Å²) in [5.41, 5.74) is 2.04. The summed E-state index contributed by atoms with van der Waals surface area (Å²) >= 11 is 5.78. The van der Waals surface area contributed by atoms with E-state index in [2.05, 4.69) is 5.16 Å². The molecule has 0 aliphatic carbocycles. The lowest BCUT2D eigenvalue weighted by Crippen LogP contribution is -2.28. The molecule has 2 rings (SSSR count). The SMILES string of the molecule is Cc1cccc(C)c1CS(=O)(=O)C1=NOC(C)(CCl)C1. The van der Waals surface area contributed by atoms with Crippen molar-refractivity contribution in [1.29, 1.82) is 0 Å². The number of rotatable bonds is 3. The molecule has 6 heteroatoms.